The van der Waals surface area contributed by atoms with Crippen LogP contribution in [0.15, 0.2) is 56.5 Å². The van der Waals surface area contributed by atoms with E-state index in [1.165, 1.54) is 12.1 Å². The van der Waals surface area contributed by atoms with Crippen LogP contribution < -0.4 is 11.0 Å². The van der Waals surface area contributed by atoms with Crippen molar-refractivity contribution in [3.63, 3.8) is 0 Å². The van der Waals surface area contributed by atoms with Crippen LogP contribution in [0.3, 0.4) is 0 Å². The van der Waals surface area contributed by atoms with E-state index in [1.54, 1.807) is 30.5 Å². The molecule has 2 aromatic carbocycles. The van der Waals surface area contributed by atoms with Gasteiger partial charge in [-0.25, -0.2) is 8.78 Å². The summed E-state index contributed by atoms with van der Waals surface area (Å²) in [5.41, 5.74) is 0.0746. The van der Waals surface area contributed by atoms with E-state index in [4.69, 9.17) is 4.42 Å². The number of rotatable bonds is 4. The molecule has 5 rings (SSSR count). The van der Waals surface area contributed by atoms with Crippen molar-refractivity contribution >= 4 is 32.7 Å². The van der Waals surface area contributed by atoms with E-state index in [1.807, 2.05) is 0 Å². The van der Waals surface area contributed by atoms with E-state index in [2.05, 4.69) is 0 Å². The summed E-state index contributed by atoms with van der Waals surface area (Å²) in [5.74, 6) is -1.98. The van der Waals surface area contributed by atoms with E-state index in [0.717, 1.165) is 29.9 Å². The highest BCUT2D eigenvalue weighted by molar-refractivity contribution is 7.83. The molecule has 2 aromatic heterocycles. The first-order valence-electron chi connectivity index (χ1n) is 10.2. The summed E-state index contributed by atoms with van der Waals surface area (Å²) in [6.45, 7) is 0. The second kappa shape index (κ2) is 7.78. The number of hydrogen-bond donors (Lipinski definition) is 0. The van der Waals surface area contributed by atoms with Crippen LogP contribution in [-0.4, -0.2) is 15.0 Å². The van der Waals surface area contributed by atoms with Gasteiger partial charge in [0.05, 0.1) is 11.1 Å². The zero-order valence-electron chi connectivity index (χ0n) is 17.2. The van der Waals surface area contributed by atoms with Gasteiger partial charge in [-0.05, 0) is 48.6 Å². The minimum absolute atomic E-state index is 0.0160. The number of fused-ring (bicyclic) bond motifs is 2. The summed E-state index contributed by atoms with van der Waals surface area (Å²) in [6.07, 6.45) is 4.13. The Kier molecular flexibility index (Phi) is 5.04. The molecule has 164 valence electrons. The molecule has 1 saturated carbocycles. The fourth-order valence-electron chi connectivity index (χ4n) is 4.23. The largest absolute Gasteiger partial charge is 0.456 e. The number of hydrogen-bond acceptors (Lipinski definition) is 4. The molecule has 0 amide bonds. The van der Waals surface area contributed by atoms with Crippen LogP contribution in [0.5, 0.6) is 0 Å². The summed E-state index contributed by atoms with van der Waals surface area (Å²) in [4.78, 5) is 26.9. The van der Waals surface area contributed by atoms with Gasteiger partial charge in [0, 0.05) is 34.6 Å². The average molecular weight is 455 g/mol. The lowest BCUT2D eigenvalue weighted by atomic mass is 9.82. The Morgan fingerprint density at radius 3 is 2.56 bits per heavy atom. The molecule has 2 heterocycles. The van der Waals surface area contributed by atoms with Crippen LogP contribution in [0, 0.1) is 11.6 Å². The standard InChI is InChI=1S/C24H19F2NO4S/c1-32(30)12-13-8-9-19-15(10-13)23(28)21-20(31-19)11-18(14-4-2-5-14)27(24(21)29)17-7-3-6-16(25)22(17)26/h3,6-11,14H,2,4-5,12H2,1H3. The molecule has 0 aliphatic heterocycles. The van der Waals surface area contributed by atoms with Gasteiger partial charge in [-0.1, -0.05) is 18.6 Å². The number of halogens is 2. The molecule has 1 fully saturated rings. The Morgan fingerprint density at radius 2 is 1.88 bits per heavy atom. The summed E-state index contributed by atoms with van der Waals surface area (Å²) in [5, 5.41) is -0.0424. The minimum atomic E-state index is -1.15. The van der Waals surface area contributed by atoms with E-state index >= 15 is 0 Å². The normalized spacial score (nSPS) is 15.2. The van der Waals surface area contributed by atoms with Gasteiger partial charge >= 0.3 is 0 Å². The van der Waals surface area contributed by atoms with Crippen LogP contribution in [-0.2, 0) is 16.6 Å². The van der Waals surface area contributed by atoms with E-state index in [-0.39, 0.29) is 33.7 Å². The van der Waals surface area contributed by atoms with Crippen molar-refractivity contribution in [2.75, 3.05) is 6.26 Å². The van der Waals surface area contributed by atoms with Gasteiger partial charge in [0.2, 0.25) is 5.43 Å². The van der Waals surface area contributed by atoms with Crippen molar-refractivity contribution in [3.8, 4) is 5.69 Å². The van der Waals surface area contributed by atoms with Crippen LogP contribution in [0.1, 0.15) is 36.4 Å². The van der Waals surface area contributed by atoms with Crippen molar-refractivity contribution in [1.29, 1.82) is 0 Å². The van der Waals surface area contributed by atoms with Gasteiger partial charge < -0.3 is 4.42 Å². The van der Waals surface area contributed by atoms with Gasteiger partial charge in [0.15, 0.2) is 11.6 Å². The van der Waals surface area contributed by atoms with Crippen LogP contribution in [0.2, 0.25) is 0 Å². The molecular formula is C24H19F2NO4S. The van der Waals surface area contributed by atoms with E-state index < -0.39 is 33.4 Å². The van der Waals surface area contributed by atoms with Crippen LogP contribution in [0.4, 0.5) is 8.78 Å². The van der Waals surface area contributed by atoms with Gasteiger partial charge in [0.25, 0.3) is 5.56 Å². The molecule has 1 atom stereocenters. The maximum absolute atomic E-state index is 14.7. The molecule has 4 aromatic rings. The Hall–Kier alpha value is -3.13. The molecule has 8 heteroatoms. The zero-order chi connectivity index (χ0) is 22.6. The quantitative estimate of drug-likeness (QED) is 0.424. The molecule has 32 heavy (non-hydrogen) atoms. The fraction of sp³-hybridized carbons (Fsp3) is 0.250. The molecule has 1 unspecified atom stereocenters. The van der Waals surface area contributed by atoms with Crippen molar-refractivity contribution < 1.29 is 17.4 Å². The monoisotopic (exact) mass is 455 g/mol. The SMILES string of the molecule is CS(=O)Cc1ccc2oc3cc(C4CCC4)n(-c4cccc(F)c4F)c(=O)c3c(=O)c2c1. The Labute approximate surface area is 183 Å². The van der Waals surface area contributed by atoms with E-state index in [0.29, 0.717) is 16.8 Å². The summed E-state index contributed by atoms with van der Waals surface area (Å²) in [6, 6.07) is 10.2. The Bertz CT molecular complexity index is 1540. The topological polar surface area (TPSA) is 69.3 Å². The Balaban J connectivity index is 1.87. The number of aromatic nitrogens is 1. The number of nitrogens with zero attached hydrogens (tertiary/aromatic N) is 1. The predicted molar refractivity (Wildman–Crippen MR) is 120 cm³/mol. The lowest BCUT2D eigenvalue weighted by Gasteiger charge is -2.28. The van der Waals surface area contributed by atoms with Gasteiger partial charge in [-0.2, -0.15) is 0 Å². The molecule has 0 bridgehead atoms. The van der Waals surface area contributed by atoms with Gasteiger partial charge in [-0.3, -0.25) is 18.4 Å². The second-order valence-electron chi connectivity index (χ2n) is 8.13. The molecule has 0 saturated heterocycles. The molecule has 0 radical (unpaired) electrons. The second-order valence-corrected chi connectivity index (χ2v) is 9.56. The molecule has 5 nitrogen and oxygen atoms in total. The zero-order valence-corrected chi connectivity index (χ0v) is 18.0. The van der Waals surface area contributed by atoms with Gasteiger partial charge in [0.1, 0.15) is 16.6 Å². The molecule has 1 aliphatic carbocycles. The molecule has 1 aliphatic rings. The molecule has 0 N–H and O–H groups in total. The highest BCUT2D eigenvalue weighted by Crippen LogP contribution is 2.38. The maximum atomic E-state index is 14.7. The third kappa shape index (κ3) is 3.30. The van der Waals surface area contributed by atoms with Crippen molar-refractivity contribution in [2.24, 2.45) is 0 Å². The number of pyridine rings is 1. The summed E-state index contributed by atoms with van der Waals surface area (Å²) < 4.78 is 47.3. The lowest BCUT2D eigenvalue weighted by Crippen LogP contribution is -2.29. The first kappa shape index (κ1) is 20.8. The lowest BCUT2D eigenvalue weighted by molar-refractivity contribution is 0.402. The Morgan fingerprint density at radius 1 is 1.09 bits per heavy atom. The minimum Gasteiger partial charge on any atom is -0.456 e. The van der Waals surface area contributed by atoms with E-state index in [9.17, 15) is 22.6 Å². The number of benzene rings is 2. The van der Waals surface area contributed by atoms with Crippen LogP contribution >= 0.6 is 0 Å². The summed E-state index contributed by atoms with van der Waals surface area (Å²) in [7, 11) is -1.11. The van der Waals surface area contributed by atoms with Crippen molar-refractivity contribution in [3.05, 3.63) is 85.9 Å². The first-order chi connectivity index (χ1) is 15.3. The summed E-state index contributed by atoms with van der Waals surface area (Å²) >= 11 is 0. The maximum Gasteiger partial charge on any atom is 0.270 e. The smallest absolute Gasteiger partial charge is 0.270 e. The van der Waals surface area contributed by atoms with Gasteiger partial charge in [-0.15, -0.1) is 0 Å². The third-order valence-corrected chi connectivity index (χ3v) is 6.74. The predicted octanol–water partition coefficient (Wildman–Crippen LogP) is 4.52. The molecule has 0 spiro atoms. The van der Waals surface area contributed by atoms with Crippen LogP contribution in [0.25, 0.3) is 27.6 Å². The highest BCUT2D eigenvalue weighted by atomic mass is 32.2. The third-order valence-electron chi connectivity index (χ3n) is 6.00. The van der Waals surface area contributed by atoms with Crippen molar-refractivity contribution in [1.82, 2.24) is 4.57 Å². The first-order valence-corrected chi connectivity index (χ1v) is 12.0. The average Bonchev–Trinajstić information content (AvgIpc) is 2.69. The fourth-order valence-corrected chi connectivity index (χ4v) is 4.88. The molecular weight excluding hydrogens is 436 g/mol. The highest BCUT2D eigenvalue weighted by Gasteiger charge is 2.28. The van der Waals surface area contributed by atoms with Crippen molar-refractivity contribution in [2.45, 2.75) is 30.9 Å².